The van der Waals surface area contributed by atoms with Crippen LogP contribution in [0.2, 0.25) is 0 Å². The number of aromatic nitrogens is 2. The van der Waals surface area contributed by atoms with Crippen LogP contribution in [0.25, 0.3) is 0 Å². The molecule has 0 radical (unpaired) electrons. The lowest BCUT2D eigenvalue weighted by Gasteiger charge is -2.29. The zero-order chi connectivity index (χ0) is 11.5. The molecule has 2 N–H and O–H groups in total. The minimum absolute atomic E-state index is 0.0493. The molecule has 0 amide bonds. The molecular formula is C12H21N3O. The normalized spacial score (nSPS) is 27.9. The number of hydrogen-bond donors (Lipinski definition) is 1. The summed E-state index contributed by atoms with van der Waals surface area (Å²) < 4.78 is 5.11. The topological polar surface area (TPSA) is 64.9 Å². The van der Waals surface area contributed by atoms with Gasteiger partial charge in [0.2, 0.25) is 5.89 Å². The summed E-state index contributed by atoms with van der Waals surface area (Å²) in [6.45, 7) is 4.30. The summed E-state index contributed by atoms with van der Waals surface area (Å²) in [5.41, 5.74) is 6.21. The van der Waals surface area contributed by atoms with Gasteiger partial charge in [0, 0.05) is 6.42 Å². The molecular weight excluding hydrogens is 202 g/mol. The van der Waals surface area contributed by atoms with Gasteiger partial charge in [-0.3, -0.25) is 0 Å². The average molecular weight is 223 g/mol. The number of nitrogens with two attached hydrogens (primary N) is 1. The van der Waals surface area contributed by atoms with Crippen LogP contribution in [0.3, 0.4) is 0 Å². The van der Waals surface area contributed by atoms with Crippen LogP contribution in [-0.2, 0) is 6.42 Å². The van der Waals surface area contributed by atoms with Crippen molar-refractivity contribution in [2.75, 3.05) is 0 Å². The maximum Gasteiger partial charge on any atom is 0.226 e. The van der Waals surface area contributed by atoms with Crippen molar-refractivity contribution in [3.05, 3.63) is 11.7 Å². The van der Waals surface area contributed by atoms with E-state index in [0.717, 1.165) is 12.3 Å². The Balaban J connectivity index is 2.02. The fraction of sp³-hybridized carbons (Fsp3) is 0.833. The van der Waals surface area contributed by atoms with Crippen molar-refractivity contribution < 1.29 is 4.52 Å². The molecule has 1 saturated carbocycles. The van der Waals surface area contributed by atoms with Crippen LogP contribution in [0.4, 0.5) is 0 Å². The van der Waals surface area contributed by atoms with Crippen molar-refractivity contribution in [2.45, 2.75) is 52.0 Å². The van der Waals surface area contributed by atoms with E-state index in [1.54, 1.807) is 0 Å². The molecule has 0 aliphatic heterocycles. The molecule has 1 aliphatic carbocycles. The fourth-order valence-electron chi connectivity index (χ4n) is 2.57. The number of hydrogen-bond acceptors (Lipinski definition) is 4. The van der Waals surface area contributed by atoms with Crippen LogP contribution in [0.1, 0.15) is 57.3 Å². The lowest BCUT2D eigenvalue weighted by molar-refractivity contribution is 0.239. The Morgan fingerprint density at radius 1 is 1.50 bits per heavy atom. The van der Waals surface area contributed by atoms with Crippen molar-refractivity contribution in [1.29, 1.82) is 0 Å². The first-order valence-corrected chi connectivity index (χ1v) is 6.28. The second-order valence-corrected chi connectivity index (χ2v) is 4.96. The molecule has 4 nitrogen and oxygen atoms in total. The van der Waals surface area contributed by atoms with Crippen molar-refractivity contribution in [3.8, 4) is 0 Å². The van der Waals surface area contributed by atoms with E-state index >= 15 is 0 Å². The quantitative estimate of drug-likeness (QED) is 0.854. The van der Waals surface area contributed by atoms with Crippen LogP contribution in [0.15, 0.2) is 4.52 Å². The third-order valence-electron chi connectivity index (χ3n) is 3.57. The largest absolute Gasteiger partial charge is 0.339 e. The van der Waals surface area contributed by atoms with Gasteiger partial charge in [-0.25, -0.2) is 0 Å². The maximum atomic E-state index is 6.21. The van der Waals surface area contributed by atoms with E-state index in [4.69, 9.17) is 10.3 Å². The smallest absolute Gasteiger partial charge is 0.226 e. The summed E-state index contributed by atoms with van der Waals surface area (Å²) in [7, 11) is 0. The second-order valence-electron chi connectivity index (χ2n) is 4.96. The van der Waals surface area contributed by atoms with Gasteiger partial charge in [-0.2, -0.15) is 4.98 Å². The van der Waals surface area contributed by atoms with Crippen molar-refractivity contribution >= 4 is 0 Å². The molecule has 0 aromatic carbocycles. The molecule has 0 saturated heterocycles. The van der Waals surface area contributed by atoms with Gasteiger partial charge in [0.05, 0.1) is 6.04 Å². The van der Waals surface area contributed by atoms with Crippen molar-refractivity contribution in [1.82, 2.24) is 10.1 Å². The highest BCUT2D eigenvalue weighted by atomic mass is 16.5. The van der Waals surface area contributed by atoms with Gasteiger partial charge in [-0.15, -0.1) is 0 Å². The monoisotopic (exact) mass is 223 g/mol. The summed E-state index contributed by atoms with van der Waals surface area (Å²) in [6.07, 6.45) is 5.77. The molecule has 0 bridgehead atoms. The Morgan fingerprint density at radius 3 is 2.94 bits per heavy atom. The maximum absolute atomic E-state index is 6.21. The molecule has 16 heavy (non-hydrogen) atoms. The molecule has 2 rings (SSSR count). The first-order chi connectivity index (χ1) is 7.70. The first-order valence-electron chi connectivity index (χ1n) is 6.28. The van der Waals surface area contributed by atoms with Gasteiger partial charge in [-0.1, -0.05) is 31.8 Å². The SMILES string of the molecule is CCc1nc(C(N)C2CCCC(C)C2)no1. The Bertz CT molecular complexity index is 337. The predicted octanol–water partition coefficient (Wildman–Crippen LogP) is 2.46. The van der Waals surface area contributed by atoms with Crippen molar-refractivity contribution in [3.63, 3.8) is 0 Å². The zero-order valence-corrected chi connectivity index (χ0v) is 10.1. The zero-order valence-electron chi connectivity index (χ0n) is 10.1. The van der Waals surface area contributed by atoms with Gasteiger partial charge < -0.3 is 10.3 Å². The lowest BCUT2D eigenvalue weighted by atomic mass is 9.78. The lowest BCUT2D eigenvalue weighted by Crippen LogP contribution is -2.27. The highest BCUT2D eigenvalue weighted by Gasteiger charge is 2.28. The first kappa shape index (κ1) is 11.6. The van der Waals surface area contributed by atoms with E-state index in [-0.39, 0.29) is 6.04 Å². The van der Waals surface area contributed by atoms with E-state index in [9.17, 15) is 0 Å². The van der Waals surface area contributed by atoms with Gasteiger partial charge in [0.1, 0.15) is 0 Å². The van der Waals surface area contributed by atoms with Crippen LogP contribution in [-0.4, -0.2) is 10.1 Å². The van der Waals surface area contributed by atoms with Gasteiger partial charge in [-0.05, 0) is 24.7 Å². The molecule has 1 fully saturated rings. The summed E-state index contributed by atoms with van der Waals surface area (Å²) in [5.74, 6) is 2.68. The van der Waals surface area contributed by atoms with E-state index in [1.165, 1.54) is 25.7 Å². The summed E-state index contributed by atoms with van der Waals surface area (Å²) in [5, 5.41) is 3.98. The Hall–Kier alpha value is -0.900. The van der Waals surface area contributed by atoms with E-state index in [2.05, 4.69) is 17.1 Å². The molecule has 0 spiro atoms. The molecule has 1 heterocycles. The summed E-state index contributed by atoms with van der Waals surface area (Å²) >= 11 is 0. The van der Waals surface area contributed by atoms with E-state index in [0.29, 0.717) is 17.6 Å². The van der Waals surface area contributed by atoms with Crippen LogP contribution < -0.4 is 5.73 Å². The van der Waals surface area contributed by atoms with Gasteiger partial charge in [0.15, 0.2) is 5.82 Å². The molecule has 1 aromatic heterocycles. The Morgan fingerprint density at radius 2 is 2.31 bits per heavy atom. The van der Waals surface area contributed by atoms with Gasteiger partial charge >= 0.3 is 0 Å². The Labute approximate surface area is 96.6 Å². The van der Waals surface area contributed by atoms with Crippen molar-refractivity contribution in [2.24, 2.45) is 17.6 Å². The number of aryl methyl sites for hydroxylation is 1. The molecule has 3 atom stereocenters. The van der Waals surface area contributed by atoms with Crippen LogP contribution in [0.5, 0.6) is 0 Å². The van der Waals surface area contributed by atoms with Gasteiger partial charge in [0.25, 0.3) is 0 Å². The molecule has 3 unspecified atom stereocenters. The second kappa shape index (κ2) is 4.95. The standard InChI is InChI=1S/C12H21N3O/c1-3-10-14-12(15-16-10)11(13)9-6-4-5-8(2)7-9/h8-9,11H,3-7,13H2,1-2H3. The third kappa shape index (κ3) is 2.43. The van der Waals surface area contributed by atoms with E-state index in [1.807, 2.05) is 6.92 Å². The van der Waals surface area contributed by atoms with Crippen LogP contribution >= 0.6 is 0 Å². The average Bonchev–Trinajstić information content (AvgIpc) is 2.76. The minimum atomic E-state index is -0.0493. The predicted molar refractivity (Wildman–Crippen MR) is 61.7 cm³/mol. The fourth-order valence-corrected chi connectivity index (χ4v) is 2.57. The highest BCUT2D eigenvalue weighted by Crippen LogP contribution is 2.34. The molecule has 4 heteroatoms. The molecule has 90 valence electrons. The molecule has 1 aliphatic rings. The Kier molecular flexibility index (Phi) is 3.59. The van der Waals surface area contributed by atoms with Crippen LogP contribution in [0, 0.1) is 11.8 Å². The number of nitrogens with zero attached hydrogens (tertiary/aromatic N) is 2. The highest BCUT2D eigenvalue weighted by molar-refractivity contribution is 4.96. The third-order valence-corrected chi connectivity index (χ3v) is 3.57. The summed E-state index contributed by atoms with van der Waals surface area (Å²) in [4.78, 5) is 4.33. The molecule has 1 aromatic rings. The van der Waals surface area contributed by atoms with E-state index < -0.39 is 0 Å². The summed E-state index contributed by atoms with van der Waals surface area (Å²) in [6, 6.07) is -0.0493. The number of rotatable bonds is 3. The minimum Gasteiger partial charge on any atom is -0.339 e.